The summed E-state index contributed by atoms with van der Waals surface area (Å²) in [5.41, 5.74) is 2.16. The predicted octanol–water partition coefficient (Wildman–Crippen LogP) is 4.80. The van der Waals surface area contributed by atoms with Gasteiger partial charge < -0.3 is 19.7 Å². The van der Waals surface area contributed by atoms with Gasteiger partial charge in [-0.3, -0.25) is 13.9 Å². The van der Waals surface area contributed by atoms with Gasteiger partial charge in [0.25, 0.3) is 0 Å². The van der Waals surface area contributed by atoms with Crippen LogP contribution in [0.5, 0.6) is 11.5 Å². The normalized spacial score (nSPS) is 12.0. The van der Waals surface area contributed by atoms with E-state index in [0.717, 1.165) is 17.4 Å². The number of rotatable bonds is 16. The van der Waals surface area contributed by atoms with Crippen molar-refractivity contribution in [3.63, 3.8) is 0 Å². The van der Waals surface area contributed by atoms with Crippen LogP contribution in [0.15, 0.2) is 78.9 Å². The van der Waals surface area contributed by atoms with Crippen LogP contribution >= 0.6 is 0 Å². The maximum atomic E-state index is 14.0. The molecular weight excluding hydrogens is 566 g/mol. The van der Waals surface area contributed by atoms with Crippen molar-refractivity contribution in [1.29, 1.82) is 0 Å². The summed E-state index contributed by atoms with van der Waals surface area (Å²) in [5.74, 6) is 0.593. The third kappa shape index (κ3) is 10.0. The molecule has 10 heteroatoms. The number of benzene rings is 3. The van der Waals surface area contributed by atoms with Crippen LogP contribution in [0.4, 0.5) is 5.69 Å². The quantitative estimate of drug-likeness (QED) is 0.250. The Balaban J connectivity index is 1.91. The number of anilines is 1. The van der Waals surface area contributed by atoms with Crippen molar-refractivity contribution < 1.29 is 27.5 Å². The molecule has 0 aliphatic rings. The summed E-state index contributed by atoms with van der Waals surface area (Å²) in [6.45, 7) is 6.23. The molecule has 0 heterocycles. The molecule has 0 radical (unpaired) electrons. The Morgan fingerprint density at radius 3 is 2.26 bits per heavy atom. The highest BCUT2D eigenvalue weighted by Crippen LogP contribution is 2.30. The molecule has 9 nitrogen and oxygen atoms in total. The minimum atomic E-state index is -3.67. The van der Waals surface area contributed by atoms with E-state index in [2.05, 4.69) is 5.32 Å². The molecule has 3 aromatic rings. The minimum Gasteiger partial charge on any atom is -0.497 e. The van der Waals surface area contributed by atoms with Crippen LogP contribution in [-0.4, -0.2) is 63.7 Å². The second kappa shape index (κ2) is 16.0. The Morgan fingerprint density at radius 2 is 1.60 bits per heavy atom. The van der Waals surface area contributed by atoms with Crippen molar-refractivity contribution in [3.05, 3.63) is 90.0 Å². The summed E-state index contributed by atoms with van der Waals surface area (Å²) in [4.78, 5) is 29.2. The van der Waals surface area contributed by atoms with Gasteiger partial charge in [-0.2, -0.15) is 0 Å². The fraction of sp³-hybridized carbons (Fsp3) is 0.394. The molecule has 0 aromatic heterocycles. The second-order valence-corrected chi connectivity index (χ2v) is 12.5. The van der Waals surface area contributed by atoms with E-state index in [4.69, 9.17) is 9.47 Å². The van der Waals surface area contributed by atoms with Crippen molar-refractivity contribution in [2.24, 2.45) is 0 Å². The third-order valence-electron chi connectivity index (χ3n) is 6.78. The molecule has 1 atom stereocenters. The number of nitrogens with zero attached hydrogens (tertiary/aromatic N) is 2. The summed E-state index contributed by atoms with van der Waals surface area (Å²) in [7, 11) is -2.09. The summed E-state index contributed by atoms with van der Waals surface area (Å²) < 4.78 is 38.0. The van der Waals surface area contributed by atoms with Crippen LogP contribution in [0, 0.1) is 0 Å². The van der Waals surface area contributed by atoms with E-state index in [9.17, 15) is 18.0 Å². The van der Waals surface area contributed by atoms with Crippen LogP contribution < -0.4 is 19.1 Å². The van der Waals surface area contributed by atoms with Gasteiger partial charge in [0.1, 0.15) is 17.5 Å². The first kappa shape index (κ1) is 33.5. The highest BCUT2D eigenvalue weighted by Gasteiger charge is 2.31. The molecule has 0 fully saturated rings. The first-order valence-electron chi connectivity index (χ1n) is 14.5. The lowest BCUT2D eigenvalue weighted by Gasteiger charge is -2.32. The smallest absolute Gasteiger partial charge is 0.243 e. The molecule has 0 saturated heterocycles. The largest absolute Gasteiger partial charge is 0.497 e. The number of ether oxygens (including phenoxy) is 2. The number of nitrogens with one attached hydrogen (secondary N) is 1. The van der Waals surface area contributed by atoms with Crippen LogP contribution in [0.3, 0.4) is 0 Å². The SMILES string of the molecule is CCOc1ccccc1N(CCCC(=O)N(Cc1cccc(OC)c1)[C@H](Cc1ccccc1)C(=O)NC(C)C)S(C)(=O)=O. The van der Waals surface area contributed by atoms with E-state index in [0.29, 0.717) is 30.2 Å². The number of carbonyl (C=O) groups is 2. The van der Waals surface area contributed by atoms with Crippen LogP contribution in [0.1, 0.15) is 44.7 Å². The molecule has 0 aliphatic heterocycles. The highest BCUT2D eigenvalue weighted by atomic mass is 32.2. The molecule has 0 spiro atoms. The van der Waals surface area contributed by atoms with Crippen molar-refractivity contribution in [1.82, 2.24) is 10.2 Å². The van der Waals surface area contributed by atoms with Crippen LogP contribution in [0.25, 0.3) is 0 Å². The summed E-state index contributed by atoms with van der Waals surface area (Å²) in [6.07, 6.45) is 1.74. The first-order valence-corrected chi connectivity index (χ1v) is 16.3. The maximum absolute atomic E-state index is 14.0. The summed E-state index contributed by atoms with van der Waals surface area (Å²) in [5, 5.41) is 2.98. The van der Waals surface area contributed by atoms with Crippen LogP contribution in [-0.2, 0) is 32.6 Å². The third-order valence-corrected chi connectivity index (χ3v) is 7.95. The Hall–Kier alpha value is -4.05. The van der Waals surface area contributed by atoms with Crippen LogP contribution in [0.2, 0.25) is 0 Å². The molecule has 0 unspecified atom stereocenters. The van der Waals surface area contributed by atoms with E-state index >= 15 is 0 Å². The number of amides is 2. The summed E-state index contributed by atoms with van der Waals surface area (Å²) in [6, 6.07) is 23.0. The summed E-state index contributed by atoms with van der Waals surface area (Å²) >= 11 is 0. The monoisotopic (exact) mass is 609 g/mol. The maximum Gasteiger partial charge on any atom is 0.243 e. The van der Waals surface area contributed by atoms with Gasteiger partial charge in [0.05, 0.1) is 25.7 Å². The topological polar surface area (TPSA) is 105 Å². The van der Waals surface area contributed by atoms with Crippen molar-refractivity contribution in [2.75, 3.05) is 30.8 Å². The average molecular weight is 610 g/mol. The standard InChI is InChI=1S/C33H43N3O6S/c1-6-42-31-19-11-10-18-29(31)36(43(5,39)40)21-13-20-32(37)35(24-27-16-12-17-28(22-27)41-4)30(33(38)34-25(2)3)23-26-14-8-7-9-15-26/h7-12,14-19,22,25,30H,6,13,20-21,23-24H2,1-5H3,(H,34,38)/t30-/m1/s1. The van der Waals surface area contributed by atoms with E-state index in [1.165, 1.54) is 4.31 Å². The molecular formula is C33H43N3O6S. The Morgan fingerprint density at radius 1 is 0.930 bits per heavy atom. The van der Waals surface area contributed by atoms with E-state index in [1.807, 2.05) is 75.4 Å². The number of methoxy groups -OCH3 is 1. The number of hydrogen-bond donors (Lipinski definition) is 1. The fourth-order valence-corrected chi connectivity index (χ4v) is 5.79. The van der Waals surface area contributed by atoms with Gasteiger partial charge in [0.15, 0.2) is 0 Å². The van der Waals surface area contributed by atoms with Gasteiger partial charge in [-0.05, 0) is 62.6 Å². The van der Waals surface area contributed by atoms with Gasteiger partial charge in [0, 0.05) is 32.0 Å². The van der Waals surface area contributed by atoms with E-state index in [1.54, 1.807) is 36.3 Å². The molecule has 0 aliphatic carbocycles. The molecule has 2 amide bonds. The lowest BCUT2D eigenvalue weighted by atomic mass is 10.0. The number of carbonyl (C=O) groups excluding carboxylic acids is 2. The van der Waals surface area contributed by atoms with Gasteiger partial charge in [-0.25, -0.2) is 8.42 Å². The molecule has 3 aromatic carbocycles. The molecule has 0 saturated carbocycles. The van der Waals surface area contributed by atoms with Crippen molar-refractivity contribution in [2.45, 2.75) is 58.7 Å². The first-order chi connectivity index (χ1) is 20.5. The Bertz CT molecular complexity index is 1450. The van der Waals surface area contributed by atoms with E-state index in [-0.39, 0.29) is 43.8 Å². The number of sulfonamides is 1. The Labute approximate surface area is 255 Å². The molecule has 3 rings (SSSR count). The lowest BCUT2D eigenvalue weighted by molar-refractivity contribution is -0.141. The molecule has 43 heavy (non-hydrogen) atoms. The predicted molar refractivity (Wildman–Crippen MR) is 170 cm³/mol. The Kier molecular flexibility index (Phi) is 12.4. The molecule has 1 N–H and O–H groups in total. The van der Waals surface area contributed by atoms with E-state index < -0.39 is 16.1 Å². The fourth-order valence-electron chi connectivity index (χ4n) is 4.83. The zero-order valence-electron chi connectivity index (χ0n) is 25.7. The zero-order chi connectivity index (χ0) is 31.4. The van der Waals surface area contributed by atoms with Gasteiger partial charge in [-0.15, -0.1) is 0 Å². The number of hydrogen-bond acceptors (Lipinski definition) is 6. The van der Waals surface area contributed by atoms with Gasteiger partial charge >= 0.3 is 0 Å². The highest BCUT2D eigenvalue weighted by molar-refractivity contribution is 7.92. The second-order valence-electron chi connectivity index (χ2n) is 10.6. The molecule has 0 bridgehead atoms. The van der Waals surface area contributed by atoms with Gasteiger partial charge in [-0.1, -0.05) is 54.6 Å². The zero-order valence-corrected chi connectivity index (χ0v) is 26.5. The van der Waals surface area contributed by atoms with Crippen molar-refractivity contribution >= 4 is 27.5 Å². The van der Waals surface area contributed by atoms with Crippen molar-refractivity contribution in [3.8, 4) is 11.5 Å². The lowest BCUT2D eigenvalue weighted by Crippen LogP contribution is -2.51. The van der Waals surface area contributed by atoms with Gasteiger partial charge in [0.2, 0.25) is 21.8 Å². The average Bonchev–Trinajstić information content (AvgIpc) is 2.97. The number of para-hydroxylation sites is 2. The minimum absolute atomic E-state index is 0.0348. The molecule has 232 valence electrons.